The van der Waals surface area contributed by atoms with Crippen LogP contribution in [0.1, 0.15) is 28.8 Å². The molecule has 8 heteroatoms. The number of rotatable bonds is 7. The molecule has 7 rings (SSSR count). The zero-order valence-corrected chi connectivity index (χ0v) is 21.0. The molecule has 3 saturated heterocycles. The quantitative estimate of drug-likeness (QED) is 0.346. The van der Waals surface area contributed by atoms with Gasteiger partial charge in [0.05, 0.1) is 23.8 Å². The first-order chi connectivity index (χ1) is 18.6. The Balaban J connectivity index is 1.34. The van der Waals surface area contributed by atoms with Gasteiger partial charge in [-0.1, -0.05) is 59.8 Å². The Morgan fingerprint density at radius 1 is 1.03 bits per heavy atom. The van der Waals surface area contributed by atoms with Gasteiger partial charge in [0.2, 0.25) is 0 Å². The molecule has 2 bridgehead atoms. The average Bonchev–Trinajstić information content (AvgIpc) is 3.36. The fourth-order valence-corrected chi connectivity index (χ4v) is 5.85. The summed E-state index contributed by atoms with van der Waals surface area (Å²) in [6.45, 7) is 3.37. The van der Waals surface area contributed by atoms with Gasteiger partial charge >= 0.3 is 6.09 Å². The molecule has 3 fully saturated rings. The summed E-state index contributed by atoms with van der Waals surface area (Å²) >= 11 is 0. The van der Waals surface area contributed by atoms with E-state index in [0.717, 1.165) is 66.7 Å². The van der Waals surface area contributed by atoms with Crippen molar-refractivity contribution in [1.29, 1.82) is 0 Å². The van der Waals surface area contributed by atoms with E-state index in [-0.39, 0.29) is 6.04 Å². The van der Waals surface area contributed by atoms with E-state index in [1.54, 1.807) is 21.7 Å². The van der Waals surface area contributed by atoms with E-state index in [1.165, 1.54) is 0 Å². The SMILES string of the molecule is O=Cc1ccc2c(c1)nnn2CC=Cc1ccc(-c2ccccc2)c(N(C(=O)O)C2CN3CCC2CC3)c1. The van der Waals surface area contributed by atoms with Crippen molar-refractivity contribution >= 4 is 35.2 Å². The van der Waals surface area contributed by atoms with E-state index in [1.807, 2.05) is 66.7 Å². The second kappa shape index (κ2) is 10.2. The van der Waals surface area contributed by atoms with Crippen molar-refractivity contribution in [3.05, 3.63) is 83.9 Å². The molecule has 0 saturated carbocycles. The smallest absolute Gasteiger partial charge is 0.412 e. The van der Waals surface area contributed by atoms with Crippen LogP contribution in [0, 0.1) is 5.92 Å². The van der Waals surface area contributed by atoms with Crippen LogP contribution in [0.2, 0.25) is 0 Å². The number of carboxylic acid groups (broad SMARTS) is 1. The molecule has 1 N–H and O–H groups in total. The highest BCUT2D eigenvalue weighted by atomic mass is 16.4. The summed E-state index contributed by atoms with van der Waals surface area (Å²) < 4.78 is 1.77. The van der Waals surface area contributed by atoms with Crippen LogP contribution < -0.4 is 4.90 Å². The minimum absolute atomic E-state index is 0.0607. The van der Waals surface area contributed by atoms with Crippen LogP contribution in [0.25, 0.3) is 28.2 Å². The summed E-state index contributed by atoms with van der Waals surface area (Å²) in [5.74, 6) is 0.374. The number of aldehydes is 1. The van der Waals surface area contributed by atoms with Crippen molar-refractivity contribution < 1.29 is 14.7 Å². The molecular weight excluding hydrogens is 478 g/mol. The Labute approximate surface area is 220 Å². The van der Waals surface area contributed by atoms with E-state index in [4.69, 9.17) is 0 Å². The lowest BCUT2D eigenvalue weighted by atomic mass is 9.82. The molecule has 0 radical (unpaired) electrons. The molecule has 0 aliphatic carbocycles. The van der Waals surface area contributed by atoms with E-state index in [0.29, 0.717) is 23.5 Å². The number of anilines is 1. The second-order valence-corrected chi connectivity index (χ2v) is 10.0. The Morgan fingerprint density at radius 2 is 1.82 bits per heavy atom. The summed E-state index contributed by atoms with van der Waals surface area (Å²) in [5, 5.41) is 18.8. The minimum Gasteiger partial charge on any atom is -0.465 e. The maximum atomic E-state index is 12.8. The Bertz CT molecular complexity index is 1510. The van der Waals surface area contributed by atoms with Gasteiger partial charge in [0, 0.05) is 17.7 Å². The van der Waals surface area contributed by atoms with Crippen molar-refractivity contribution in [3.63, 3.8) is 0 Å². The van der Waals surface area contributed by atoms with Crippen molar-refractivity contribution in [3.8, 4) is 11.1 Å². The summed E-state index contributed by atoms with van der Waals surface area (Å²) in [5.41, 5.74) is 5.63. The van der Waals surface area contributed by atoms with Crippen LogP contribution in [-0.4, -0.2) is 63.1 Å². The van der Waals surface area contributed by atoms with Crippen molar-refractivity contribution in [2.24, 2.45) is 5.92 Å². The molecule has 1 aromatic heterocycles. The van der Waals surface area contributed by atoms with Crippen LogP contribution in [0.15, 0.2) is 72.8 Å². The summed E-state index contributed by atoms with van der Waals surface area (Å²) in [4.78, 5) is 27.8. The van der Waals surface area contributed by atoms with E-state index in [9.17, 15) is 14.7 Å². The topological polar surface area (TPSA) is 91.6 Å². The number of piperidine rings is 3. The molecule has 4 aromatic rings. The van der Waals surface area contributed by atoms with Crippen molar-refractivity contribution in [2.75, 3.05) is 24.5 Å². The number of nitrogens with zero attached hydrogens (tertiary/aromatic N) is 5. The molecule has 0 spiro atoms. The van der Waals surface area contributed by atoms with Gasteiger partial charge in [-0.25, -0.2) is 9.48 Å². The number of aromatic nitrogens is 3. The average molecular weight is 508 g/mol. The fourth-order valence-electron chi connectivity index (χ4n) is 5.85. The number of hydrogen-bond acceptors (Lipinski definition) is 5. The number of amides is 1. The number of fused-ring (bicyclic) bond motifs is 4. The number of carbonyl (C=O) groups excluding carboxylic acids is 1. The van der Waals surface area contributed by atoms with E-state index < -0.39 is 6.09 Å². The molecule has 4 heterocycles. The molecule has 3 aromatic carbocycles. The molecular formula is C30H29N5O3. The van der Waals surface area contributed by atoms with Crippen LogP contribution in [0.4, 0.5) is 10.5 Å². The maximum absolute atomic E-state index is 12.8. The number of benzene rings is 3. The lowest BCUT2D eigenvalue weighted by Gasteiger charge is -2.48. The van der Waals surface area contributed by atoms with Gasteiger partial charge in [-0.3, -0.25) is 9.69 Å². The Kier molecular flexibility index (Phi) is 6.47. The molecule has 8 nitrogen and oxygen atoms in total. The highest BCUT2D eigenvalue weighted by Gasteiger charge is 2.40. The molecule has 1 amide bonds. The lowest BCUT2D eigenvalue weighted by Crippen LogP contribution is -2.59. The van der Waals surface area contributed by atoms with Crippen LogP contribution in [-0.2, 0) is 6.54 Å². The predicted octanol–water partition coefficient (Wildman–Crippen LogP) is 5.20. The third-order valence-electron chi connectivity index (χ3n) is 7.79. The third kappa shape index (κ3) is 4.59. The largest absolute Gasteiger partial charge is 0.465 e. The Hall–Kier alpha value is -4.30. The molecule has 38 heavy (non-hydrogen) atoms. The molecule has 1 atom stereocenters. The predicted molar refractivity (Wildman–Crippen MR) is 147 cm³/mol. The van der Waals surface area contributed by atoms with E-state index in [2.05, 4.69) is 15.2 Å². The maximum Gasteiger partial charge on any atom is 0.412 e. The van der Waals surface area contributed by atoms with Gasteiger partial charge < -0.3 is 10.0 Å². The van der Waals surface area contributed by atoms with Crippen LogP contribution in [0.5, 0.6) is 0 Å². The van der Waals surface area contributed by atoms with Gasteiger partial charge in [-0.15, -0.1) is 5.10 Å². The number of hydrogen-bond donors (Lipinski definition) is 1. The highest BCUT2D eigenvalue weighted by Crippen LogP contribution is 2.38. The summed E-state index contributed by atoms with van der Waals surface area (Å²) in [6, 6.07) is 21.3. The normalized spacial score (nSPS) is 20.7. The molecule has 192 valence electrons. The number of allylic oxidation sites excluding steroid dienone is 1. The van der Waals surface area contributed by atoms with E-state index >= 15 is 0 Å². The monoisotopic (exact) mass is 507 g/mol. The summed E-state index contributed by atoms with van der Waals surface area (Å²) in [6.07, 6.45) is 5.94. The lowest BCUT2D eigenvalue weighted by molar-refractivity contribution is 0.0838. The zero-order chi connectivity index (χ0) is 26.1. The zero-order valence-electron chi connectivity index (χ0n) is 21.0. The first-order valence-electron chi connectivity index (χ1n) is 13.0. The molecule has 1 unspecified atom stereocenters. The third-order valence-corrected chi connectivity index (χ3v) is 7.79. The van der Waals surface area contributed by atoms with Gasteiger partial charge in [-0.2, -0.15) is 0 Å². The summed E-state index contributed by atoms with van der Waals surface area (Å²) in [7, 11) is 0. The van der Waals surface area contributed by atoms with Crippen molar-refractivity contribution in [2.45, 2.75) is 25.4 Å². The Morgan fingerprint density at radius 3 is 2.53 bits per heavy atom. The van der Waals surface area contributed by atoms with Crippen molar-refractivity contribution in [1.82, 2.24) is 19.9 Å². The first-order valence-corrected chi connectivity index (χ1v) is 13.0. The van der Waals surface area contributed by atoms with Gasteiger partial charge in [-0.05, 0) is 67.2 Å². The van der Waals surface area contributed by atoms with Gasteiger partial charge in [0.15, 0.2) is 0 Å². The number of carbonyl (C=O) groups is 2. The molecule has 3 aliphatic rings. The minimum atomic E-state index is -0.911. The standard InChI is InChI=1S/C30H29N5O3/c36-20-22-9-11-27-26(17-22)31-32-34(27)14-4-5-21-8-10-25(23-6-2-1-3-7-23)28(18-21)35(30(37)38)29-19-33-15-12-24(29)13-16-33/h1-11,17-18,20,24,29H,12-16,19H2,(H,37,38). The highest BCUT2D eigenvalue weighted by molar-refractivity contribution is 5.94. The van der Waals surface area contributed by atoms with Crippen LogP contribution >= 0.6 is 0 Å². The van der Waals surface area contributed by atoms with Crippen LogP contribution in [0.3, 0.4) is 0 Å². The molecule has 3 aliphatic heterocycles. The first kappa shape index (κ1) is 24.1. The second-order valence-electron chi connectivity index (χ2n) is 10.0. The fraction of sp³-hybridized carbons (Fsp3) is 0.267. The van der Waals surface area contributed by atoms with Gasteiger partial charge in [0.1, 0.15) is 11.8 Å². The van der Waals surface area contributed by atoms with Gasteiger partial charge in [0.25, 0.3) is 0 Å².